The van der Waals surface area contributed by atoms with Gasteiger partial charge in [0.1, 0.15) is 5.75 Å². The van der Waals surface area contributed by atoms with Crippen molar-refractivity contribution in [3.05, 3.63) is 58.6 Å². The molecule has 0 unspecified atom stereocenters. The van der Waals surface area contributed by atoms with E-state index in [1.807, 2.05) is 19.1 Å². The number of H-pyrrole nitrogens is 1. The summed E-state index contributed by atoms with van der Waals surface area (Å²) in [5, 5.41) is 0. The van der Waals surface area contributed by atoms with E-state index in [4.69, 9.17) is 9.15 Å². The largest absolute Gasteiger partial charge is 0.494 e. The molecule has 0 saturated carbocycles. The summed E-state index contributed by atoms with van der Waals surface area (Å²) in [6.45, 7) is 2.69. The Morgan fingerprint density at radius 3 is 2.56 bits per heavy atom. The van der Waals surface area contributed by atoms with Crippen molar-refractivity contribution in [2.24, 2.45) is 0 Å². The van der Waals surface area contributed by atoms with Gasteiger partial charge in [0, 0.05) is 19.7 Å². The first-order valence-electron chi connectivity index (χ1n) is 7.71. The minimum absolute atomic E-state index is 0.0659. The number of aromatic amines is 1. The molecule has 25 heavy (non-hydrogen) atoms. The summed E-state index contributed by atoms with van der Waals surface area (Å²) in [5.74, 6) is 0.122. The Labute approximate surface area is 144 Å². The van der Waals surface area contributed by atoms with Crippen molar-refractivity contribution < 1.29 is 17.6 Å². The van der Waals surface area contributed by atoms with Crippen molar-refractivity contribution in [2.45, 2.75) is 18.4 Å². The highest BCUT2D eigenvalue weighted by Crippen LogP contribution is 2.21. The van der Waals surface area contributed by atoms with Gasteiger partial charge in [0.2, 0.25) is 10.0 Å². The lowest BCUT2D eigenvalue weighted by atomic mass is 10.2. The molecule has 2 aromatic carbocycles. The van der Waals surface area contributed by atoms with Crippen LogP contribution in [0.15, 0.2) is 56.6 Å². The van der Waals surface area contributed by atoms with E-state index in [1.165, 1.54) is 29.6 Å². The molecule has 132 valence electrons. The van der Waals surface area contributed by atoms with Crippen LogP contribution in [0.2, 0.25) is 0 Å². The number of oxazole rings is 1. The molecule has 0 bridgehead atoms. The number of aromatic nitrogens is 1. The predicted octanol–water partition coefficient (Wildman–Crippen LogP) is 2.34. The van der Waals surface area contributed by atoms with Crippen molar-refractivity contribution in [2.75, 3.05) is 13.7 Å². The van der Waals surface area contributed by atoms with Gasteiger partial charge in [-0.1, -0.05) is 12.1 Å². The van der Waals surface area contributed by atoms with Crippen LogP contribution in [-0.2, 0) is 16.6 Å². The van der Waals surface area contributed by atoms with Gasteiger partial charge >= 0.3 is 5.76 Å². The lowest BCUT2D eigenvalue weighted by Crippen LogP contribution is -2.26. The summed E-state index contributed by atoms with van der Waals surface area (Å²) in [5.41, 5.74) is 1.50. The molecular formula is C17H18N2O5S. The highest BCUT2D eigenvalue weighted by atomic mass is 32.2. The number of hydrogen-bond acceptors (Lipinski definition) is 5. The molecule has 0 atom stereocenters. The van der Waals surface area contributed by atoms with Crippen LogP contribution in [0, 0.1) is 0 Å². The van der Waals surface area contributed by atoms with Crippen LogP contribution >= 0.6 is 0 Å². The van der Waals surface area contributed by atoms with Crippen LogP contribution in [0.3, 0.4) is 0 Å². The van der Waals surface area contributed by atoms with Crippen LogP contribution < -0.4 is 10.5 Å². The predicted molar refractivity (Wildman–Crippen MR) is 93.1 cm³/mol. The average molecular weight is 362 g/mol. The first kappa shape index (κ1) is 17.2. The maximum Gasteiger partial charge on any atom is 0.417 e. The van der Waals surface area contributed by atoms with Crippen LogP contribution in [0.25, 0.3) is 11.1 Å². The number of fused-ring (bicyclic) bond motifs is 1. The molecule has 3 rings (SSSR count). The maximum atomic E-state index is 12.7. The topological polar surface area (TPSA) is 92.6 Å². The van der Waals surface area contributed by atoms with Crippen molar-refractivity contribution >= 4 is 21.1 Å². The van der Waals surface area contributed by atoms with Gasteiger partial charge in [-0.2, -0.15) is 4.31 Å². The molecule has 0 aliphatic heterocycles. The highest BCUT2D eigenvalue weighted by molar-refractivity contribution is 7.89. The lowest BCUT2D eigenvalue weighted by Gasteiger charge is -2.17. The summed E-state index contributed by atoms with van der Waals surface area (Å²) in [7, 11) is -2.21. The van der Waals surface area contributed by atoms with E-state index in [9.17, 15) is 13.2 Å². The number of nitrogens with one attached hydrogen (secondary N) is 1. The Bertz CT molecular complexity index is 1030. The first-order valence-corrected chi connectivity index (χ1v) is 9.15. The summed E-state index contributed by atoms with van der Waals surface area (Å²) >= 11 is 0. The van der Waals surface area contributed by atoms with Gasteiger partial charge < -0.3 is 9.15 Å². The second-order valence-electron chi connectivity index (χ2n) is 5.51. The number of ether oxygens (including phenoxy) is 1. The number of rotatable bonds is 6. The molecule has 8 heteroatoms. The minimum Gasteiger partial charge on any atom is -0.494 e. The van der Waals surface area contributed by atoms with Crippen molar-refractivity contribution in [1.29, 1.82) is 0 Å². The highest BCUT2D eigenvalue weighted by Gasteiger charge is 2.22. The van der Waals surface area contributed by atoms with E-state index in [2.05, 4.69) is 4.98 Å². The Kier molecular flexibility index (Phi) is 4.65. The third-order valence-electron chi connectivity index (χ3n) is 3.74. The van der Waals surface area contributed by atoms with Gasteiger partial charge in [-0.05, 0) is 36.8 Å². The van der Waals surface area contributed by atoms with E-state index in [-0.39, 0.29) is 17.0 Å². The average Bonchev–Trinajstić information content (AvgIpc) is 2.96. The summed E-state index contributed by atoms with van der Waals surface area (Å²) in [6.07, 6.45) is 0. The maximum absolute atomic E-state index is 12.7. The quantitative estimate of drug-likeness (QED) is 0.726. The van der Waals surface area contributed by atoms with Crippen LogP contribution in [-0.4, -0.2) is 31.4 Å². The third-order valence-corrected chi connectivity index (χ3v) is 5.54. The summed E-state index contributed by atoms with van der Waals surface area (Å²) in [6, 6.07) is 11.6. The van der Waals surface area contributed by atoms with Crippen molar-refractivity contribution in [3.63, 3.8) is 0 Å². The van der Waals surface area contributed by atoms with E-state index in [0.29, 0.717) is 12.1 Å². The van der Waals surface area contributed by atoms with Crippen molar-refractivity contribution in [1.82, 2.24) is 9.29 Å². The van der Waals surface area contributed by atoms with Crippen LogP contribution in [0.4, 0.5) is 0 Å². The van der Waals surface area contributed by atoms with E-state index >= 15 is 0 Å². The molecule has 0 saturated heterocycles. The fourth-order valence-electron chi connectivity index (χ4n) is 2.47. The number of nitrogens with zero attached hydrogens (tertiary/aromatic N) is 1. The molecule has 1 aromatic heterocycles. The zero-order valence-electron chi connectivity index (χ0n) is 13.9. The van der Waals surface area contributed by atoms with Gasteiger partial charge in [-0.3, -0.25) is 4.98 Å². The van der Waals surface area contributed by atoms with Crippen molar-refractivity contribution in [3.8, 4) is 5.75 Å². The van der Waals surface area contributed by atoms with E-state index < -0.39 is 15.8 Å². The molecule has 0 spiro atoms. The monoisotopic (exact) mass is 362 g/mol. The summed E-state index contributed by atoms with van der Waals surface area (Å²) in [4.78, 5) is 13.8. The lowest BCUT2D eigenvalue weighted by molar-refractivity contribution is 0.340. The van der Waals surface area contributed by atoms with Crippen LogP contribution in [0.1, 0.15) is 12.5 Å². The standard InChI is InChI=1S/C17H18N2O5S/c1-3-23-13-6-4-12(5-7-13)11-19(2)25(21,22)14-8-9-15-16(10-14)24-17(20)18-15/h4-10H,3,11H2,1-2H3,(H,18,20). The van der Waals surface area contributed by atoms with Crippen LogP contribution in [0.5, 0.6) is 5.75 Å². The number of benzene rings is 2. The second kappa shape index (κ2) is 6.73. The second-order valence-corrected chi connectivity index (χ2v) is 7.56. The number of hydrogen-bond donors (Lipinski definition) is 1. The Morgan fingerprint density at radius 2 is 1.88 bits per heavy atom. The molecule has 0 radical (unpaired) electrons. The first-order chi connectivity index (χ1) is 11.9. The zero-order chi connectivity index (χ0) is 18.0. The van der Waals surface area contributed by atoms with Gasteiger partial charge in [0.15, 0.2) is 5.58 Å². The van der Waals surface area contributed by atoms with E-state index in [0.717, 1.165) is 11.3 Å². The molecule has 0 fully saturated rings. The smallest absolute Gasteiger partial charge is 0.417 e. The molecular weight excluding hydrogens is 344 g/mol. The van der Waals surface area contributed by atoms with Gasteiger partial charge in [-0.25, -0.2) is 13.2 Å². The molecule has 1 N–H and O–H groups in total. The molecule has 7 nitrogen and oxygen atoms in total. The minimum atomic E-state index is -3.71. The molecule has 0 amide bonds. The molecule has 3 aromatic rings. The van der Waals surface area contributed by atoms with Gasteiger partial charge in [0.05, 0.1) is 17.0 Å². The fraction of sp³-hybridized carbons (Fsp3) is 0.235. The molecule has 1 heterocycles. The Balaban J connectivity index is 1.83. The zero-order valence-corrected chi connectivity index (χ0v) is 14.7. The molecule has 0 aliphatic carbocycles. The van der Waals surface area contributed by atoms with E-state index in [1.54, 1.807) is 12.1 Å². The fourth-order valence-corrected chi connectivity index (χ4v) is 3.64. The summed E-state index contributed by atoms with van der Waals surface area (Å²) < 4.78 is 37.0. The molecule has 0 aliphatic rings. The normalized spacial score (nSPS) is 12.0. The number of sulfonamides is 1. The van der Waals surface area contributed by atoms with Gasteiger partial charge in [0.25, 0.3) is 0 Å². The third kappa shape index (κ3) is 3.59. The van der Waals surface area contributed by atoms with Gasteiger partial charge in [-0.15, -0.1) is 0 Å². The Morgan fingerprint density at radius 1 is 1.16 bits per heavy atom. The Hall–Kier alpha value is -2.58. The SMILES string of the molecule is CCOc1ccc(CN(C)S(=O)(=O)c2ccc3[nH]c(=O)oc3c2)cc1.